The lowest BCUT2D eigenvalue weighted by Gasteiger charge is -2.19. The van der Waals surface area contributed by atoms with Crippen molar-refractivity contribution in [1.82, 2.24) is 9.88 Å². The Balaban J connectivity index is 1.60. The first-order chi connectivity index (χ1) is 13.0. The molecule has 0 saturated heterocycles. The van der Waals surface area contributed by atoms with Gasteiger partial charge in [0.05, 0.1) is 0 Å². The number of nitrogens with one attached hydrogen (secondary N) is 1. The SMILES string of the molecule is Cc1c(C(O)C(O)CNC(=O)OCc2ccccc2)c2ccccc2n1C. The zero-order chi connectivity index (χ0) is 19.4. The molecule has 0 aliphatic heterocycles. The fourth-order valence-corrected chi connectivity index (χ4v) is 3.19. The van der Waals surface area contributed by atoms with Gasteiger partial charge in [-0.2, -0.15) is 0 Å². The van der Waals surface area contributed by atoms with Gasteiger partial charge in [0.15, 0.2) is 0 Å². The van der Waals surface area contributed by atoms with E-state index in [1.807, 2.05) is 73.1 Å². The number of benzene rings is 2. The number of hydrogen-bond acceptors (Lipinski definition) is 4. The van der Waals surface area contributed by atoms with E-state index in [1.54, 1.807) is 0 Å². The molecule has 1 amide bonds. The number of aliphatic hydroxyl groups is 2. The predicted octanol–water partition coefficient (Wildman–Crippen LogP) is 2.81. The number of aliphatic hydroxyl groups excluding tert-OH is 2. The number of hydrogen-bond donors (Lipinski definition) is 3. The Labute approximate surface area is 158 Å². The number of carbonyl (C=O) groups excluding carboxylic acids is 1. The molecule has 0 radical (unpaired) electrons. The summed E-state index contributed by atoms with van der Waals surface area (Å²) in [4.78, 5) is 11.8. The molecule has 2 atom stereocenters. The first-order valence-corrected chi connectivity index (χ1v) is 8.83. The van der Waals surface area contributed by atoms with Crippen molar-refractivity contribution in [2.45, 2.75) is 25.7 Å². The van der Waals surface area contributed by atoms with E-state index in [4.69, 9.17) is 4.74 Å². The molecule has 27 heavy (non-hydrogen) atoms. The summed E-state index contributed by atoms with van der Waals surface area (Å²) < 4.78 is 7.09. The third-order valence-corrected chi connectivity index (χ3v) is 4.78. The van der Waals surface area contributed by atoms with E-state index in [-0.39, 0.29) is 13.2 Å². The largest absolute Gasteiger partial charge is 0.445 e. The summed E-state index contributed by atoms with van der Waals surface area (Å²) in [5.74, 6) is 0. The molecular formula is C21H24N2O4. The fourth-order valence-electron chi connectivity index (χ4n) is 3.19. The van der Waals surface area contributed by atoms with Crippen LogP contribution < -0.4 is 5.32 Å². The lowest BCUT2D eigenvalue weighted by atomic mass is 10.0. The number of nitrogens with zero attached hydrogens (tertiary/aromatic N) is 1. The van der Waals surface area contributed by atoms with Crippen LogP contribution in [0.4, 0.5) is 4.79 Å². The first kappa shape index (κ1) is 18.9. The second-order valence-corrected chi connectivity index (χ2v) is 6.53. The van der Waals surface area contributed by atoms with Gasteiger partial charge >= 0.3 is 6.09 Å². The maximum Gasteiger partial charge on any atom is 0.407 e. The second kappa shape index (κ2) is 8.24. The van der Waals surface area contributed by atoms with Crippen LogP contribution in [0.15, 0.2) is 54.6 Å². The number of para-hydroxylation sites is 1. The van der Waals surface area contributed by atoms with Crippen LogP contribution in [0, 0.1) is 6.92 Å². The van der Waals surface area contributed by atoms with E-state index in [0.29, 0.717) is 5.56 Å². The van der Waals surface area contributed by atoms with Crippen molar-refractivity contribution in [1.29, 1.82) is 0 Å². The molecule has 2 aromatic carbocycles. The average molecular weight is 368 g/mol. The van der Waals surface area contributed by atoms with Crippen LogP contribution in [-0.4, -0.2) is 33.5 Å². The predicted molar refractivity (Wildman–Crippen MR) is 103 cm³/mol. The van der Waals surface area contributed by atoms with E-state index in [2.05, 4.69) is 5.32 Å². The van der Waals surface area contributed by atoms with E-state index in [9.17, 15) is 15.0 Å². The molecule has 3 aromatic rings. The van der Waals surface area contributed by atoms with E-state index >= 15 is 0 Å². The van der Waals surface area contributed by atoms with E-state index < -0.39 is 18.3 Å². The van der Waals surface area contributed by atoms with Crippen LogP contribution in [0.3, 0.4) is 0 Å². The topological polar surface area (TPSA) is 83.7 Å². The second-order valence-electron chi connectivity index (χ2n) is 6.53. The molecule has 3 N–H and O–H groups in total. The standard InChI is InChI=1S/C21H24N2O4/c1-14-19(16-10-6-7-11-17(16)23(14)2)20(25)18(24)12-22-21(26)27-13-15-8-4-3-5-9-15/h3-11,18,20,24-25H,12-13H2,1-2H3,(H,22,26). The smallest absolute Gasteiger partial charge is 0.407 e. The van der Waals surface area contributed by atoms with Crippen LogP contribution in [-0.2, 0) is 18.4 Å². The van der Waals surface area contributed by atoms with Crippen LogP contribution in [0.1, 0.15) is 22.9 Å². The number of aromatic nitrogens is 1. The molecule has 2 unspecified atom stereocenters. The summed E-state index contributed by atoms with van der Waals surface area (Å²) in [7, 11) is 1.92. The van der Waals surface area contributed by atoms with Crippen LogP contribution in [0.25, 0.3) is 10.9 Å². The van der Waals surface area contributed by atoms with Gasteiger partial charge in [0, 0.05) is 35.8 Å². The third-order valence-electron chi connectivity index (χ3n) is 4.78. The minimum atomic E-state index is -1.15. The normalized spacial score (nSPS) is 13.3. The Morgan fingerprint density at radius 3 is 2.52 bits per heavy atom. The molecule has 0 aliphatic carbocycles. The maximum absolute atomic E-state index is 11.8. The van der Waals surface area contributed by atoms with E-state index in [1.165, 1.54) is 0 Å². The number of aryl methyl sites for hydroxylation is 1. The molecule has 3 rings (SSSR count). The van der Waals surface area contributed by atoms with Gasteiger partial charge in [-0.15, -0.1) is 0 Å². The molecule has 0 aliphatic rings. The van der Waals surface area contributed by atoms with Crippen molar-refractivity contribution in [3.63, 3.8) is 0 Å². The summed E-state index contributed by atoms with van der Waals surface area (Å²) in [6.07, 6.45) is -2.91. The van der Waals surface area contributed by atoms with Crippen LogP contribution in [0.5, 0.6) is 0 Å². The summed E-state index contributed by atoms with van der Waals surface area (Å²) >= 11 is 0. The maximum atomic E-state index is 11.8. The number of ether oxygens (including phenoxy) is 1. The molecule has 1 aromatic heterocycles. The number of rotatable bonds is 6. The van der Waals surface area contributed by atoms with Crippen molar-refractivity contribution in [3.05, 3.63) is 71.4 Å². The Morgan fingerprint density at radius 1 is 1.11 bits per heavy atom. The highest BCUT2D eigenvalue weighted by Gasteiger charge is 2.25. The molecule has 0 spiro atoms. The molecule has 0 bridgehead atoms. The van der Waals surface area contributed by atoms with Gasteiger partial charge in [0.1, 0.15) is 18.8 Å². The lowest BCUT2D eigenvalue weighted by molar-refractivity contribution is 0.0188. The van der Waals surface area contributed by atoms with Gasteiger partial charge < -0.3 is 24.8 Å². The Morgan fingerprint density at radius 2 is 1.78 bits per heavy atom. The van der Waals surface area contributed by atoms with Crippen molar-refractivity contribution in [2.75, 3.05) is 6.54 Å². The number of alkyl carbamates (subject to hydrolysis) is 1. The molecule has 0 fully saturated rings. The zero-order valence-corrected chi connectivity index (χ0v) is 15.4. The number of fused-ring (bicyclic) bond motifs is 1. The highest BCUT2D eigenvalue weighted by atomic mass is 16.5. The van der Waals surface area contributed by atoms with E-state index in [0.717, 1.165) is 22.2 Å². The molecule has 142 valence electrons. The quantitative estimate of drug-likeness (QED) is 0.625. The van der Waals surface area contributed by atoms with Crippen LogP contribution in [0.2, 0.25) is 0 Å². The van der Waals surface area contributed by atoms with Gasteiger partial charge in [0.2, 0.25) is 0 Å². The summed E-state index contributed by atoms with van der Waals surface area (Å²) in [5.41, 5.74) is 3.39. The van der Waals surface area contributed by atoms with Gasteiger partial charge in [-0.05, 0) is 18.6 Å². The fraction of sp³-hybridized carbons (Fsp3) is 0.286. The molecular weight excluding hydrogens is 344 g/mol. The number of amides is 1. The molecule has 6 nitrogen and oxygen atoms in total. The van der Waals surface area contributed by atoms with Crippen LogP contribution >= 0.6 is 0 Å². The molecule has 0 saturated carbocycles. The lowest BCUT2D eigenvalue weighted by Crippen LogP contribution is -2.36. The van der Waals surface area contributed by atoms with Gasteiger partial charge in [-0.3, -0.25) is 0 Å². The van der Waals surface area contributed by atoms with Gasteiger partial charge in [-0.25, -0.2) is 4.79 Å². The van der Waals surface area contributed by atoms with Crippen molar-refractivity contribution in [3.8, 4) is 0 Å². The summed E-state index contributed by atoms with van der Waals surface area (Å²) in [5, 5.41) is 24.4. The monoisotopic (exact) mass is 368 g/mol. The minimum Gasteiger partial charge on any atom is -0.445 e. The first-order valence-electron chi connectivity index (χ1n) is 8.83. The van der Waals surface area contributed by atoms with Gasteiger partial charge in [-0.1, -0.05) is 48.5 Å². The van der Waals surface area contributed by atoms with Gasteiger partial charge in [0.25, 0.3) is 0 Å². The van der Waals surface area contributed by atoms with Crippen molar-refractivity contribution < 1.29 is 19.7 Å². The summed E-state index contributed by atoms with van der Waals surface area (Å²) in [6, 6.07) is 17.0. The zero-order valence-electron chi connectivity index (χ0n) is 15.4. The average Bonchev–Trinajstić information content (AvgIpc) is 2.95. The number of carbonyl (C=O) groups is 1. The minimum absolute atomic E-state index is 0.114. The Bertz CT molecular complexity index is 921. The highest BCUT2D eigenvalue weighted by molar-refractivity contribution is 5.85. The van der Waals surface area contributed by atoms with Crippen molar-refractivity contribution in [2.24, 2.45) is 7.05 Å². The molecule has 1 heterocycles. The summed E-state index contributed by atoms with van der Waals surface area (Å²) in [6.45, 7) is 1.93. The molecule has 6 heteroatoms. The third kappa shape index (κ3) is 4.13. The highest BCUT2D eigenvalue weighted by Crippen LogP contribution is 2.31. The Hall–Kier alpha value is -2.83. The Kier molecular flexibility index (Phi) is 5.78. The van der Waals surface area contributed by atoms with Crippen molar-refractivity contribution >= 4 is 17.0 Å².